The Balaban J connectivity index is 1.03. The molecule has 3 aliphatic heterocycles. The number of piperazine rings is 1. The molecule has 3 N–H and O–H groups in total. The minimum absolute atomic E-state index is 0.00748. The predicted octanol–water partition coefficient (Wildman–Crippen LogP) is 4.84. The van der Waals surface area contributed by atoms with E-state index < -0.39 is 68.2 Å². The minimum atomic E-state index is -4.01. The van der Waals surface area contributed by atoms with Crippen LogP contribution in [0.5, 0.6) is 11.6 Å². The summed E-state index contributed by atoms with van der Waals surface area (Å²) in [4.78, 5) is 68.9. The molecule has 0 unspecified atom stereocenters. The summed E-state index contributed by atoms with van der Waals surface area (Å²) in [6, 6.07) is 5.81. The van der Waals surface area contributed by atoms with E-state index in [0.717, 1.165) is 120 Å². The van der Waals surface area contributed by atoms with E-state index in [9.17, 15) is 22.8 Å². The predicted molar refractivity (Wildman–Crippen MR) is 248 cm³/mol. The standard InChI is InChI=1S/C49H69N7O9S/c1-4-34-30-49(34,46(59)53-66(61,62)48(2)20-21-48)52-43(57)39-29-35-31-56(39)45(58)41(32-14-7-5-8-15-32)51-47(60)65-40-28-33(40)16-9-6-10-18-37-42(36-17-11-12-19-38(36)50-44(37)64-35)63-27-13-22-55-25-23-54(3)24-26-55/h4,11-12,17,19,32-35,39-41H,1,5-10,13-16,18,20-31H2,2-3H3,(H,51,60)(H,52,57)(H,53,59)/t33-,34-,35-,39+,40-,41+,49-/m1/s1. The highest BCUT2D eigenvalue weighted by Gasteiger charge is 2.63. The van der Waals surface area contributed by atoms with E-state index in [1.54, 1.807) is 13.0 Å². The van der Waals surface area contributed by atoms with Gasteiger partial charge in [0.1, 0.15) is 35.6 Å². The molecule has 4 heterocycles. The van der Waals surface area contributed by atoms with Crippen molar-refractivity contribution in [1.82, 2.24) is 35.0 Å². The van der Waals surface area contributed by atoms with Crippen LogP contribution in [-0.4, -0.2) is 139 Å². The molecule has 7 atom stereocenters. The molecule has 4 saturated carbocycles. The molecule has 4 amide bonds. The number of amides is 4. The first kappa shape index (κ1) is 46.6. The highest BCUT2D eigenvalue weighted by Crippen LogP contribution is 2.47. The largest absolute Gasteiger partial charge is 0.492 e. The van der Waals surface area contributed by atoms with Crippen molar-refractivity contribution in [2.45, 2.75) is 144 Å². The second kappa shape index (κ2) is 19.3. The zero-order valence-corrected chi connectivity index (χ0v) is 39.6. The molecule has 6 fully saturated rings. The number of nitrogens with zero attached hydrogens (tertiary/aromatic N) is 4. The van der Waals surface area contributed by atoms with E-state index in [1.165, 1.54) is 4.90 Å². The molecule has 7 aliphatic rings. The van der Waals surface area contributed by atoms with Gasteiger partial charge in [0.25, 0.3) is 5.91 Å². The molecule has 17 heteroatoms. The van der Waals surface area contributed by atoms with Crippen LogP contribution in [0.3, 0.4) is 0 Å². The molecule has 360 valence electrons. The van der Waals surface area contributed by atoms with Crippen molar-refractivity contribution in [3.63, 3.8) is 0 Å². The molecule has 2 saturated heterocycles. The van der Waals surface area contributed by atoms with E-state index in [0.29, 0.717) is 37.3 Å². The van der Waals surface area contributed by atoms with E-state index in [1.807, 2.05) is 24.3 Å². The summed E-state index contributed by atoms with van der Waals surface area (Å²) in [6.07, 6.45) is 11.4. The van der Waals surface area contributed by atoms with Gasteiger partial charge in [0.2, 0.25) is 27.7 Å². The number of sulfonamides is 1. The zero-order valence-electron chi connectivity index (χ0n) is 38.8. The third-order valence-corrected chi connectivity index (χ3v) is 17.8. The molecular weight excluding hydrogens is 863 g/mol. The summed E-state index contributed by atoms with van der Waals surface area (Å²) in [6.45, 7) is 11.1. The highest BCUT2D eigenvalue weighted by molar-refractivity contribution is 7.91. The molecule has 4 aliphatic carbocycles. The first-order valence-electron chi connectivity index (χ1n) is 24.7. The van der Waals surface area contributed by atoms with Gasteiger partial charge in [-0.15, -0.1) is 6.58 Å². The van der Waals surface area contributed by atoms with Crippen LogP contribution in [0.25, 0.3) is 10.9 Å². The van der Waals surface area contributed by atoms with Crippen molar-refractivity contribution in [2.24, 2.45) is 17.8 Å². The second-order valence-electron chi connectivity index (χ2n) is 20.5. The zero-order chi connectivity index (χ0) is 46.2. The number of benzene rings is 1. The monoisotopic (exact) mass is 931 g/mol. The average Bonchev–Trinajstić information content (AvgIpc) is 4.27. The Morgan fingerprint density at radius 1 is 0.985 bits per heavy atom. The number of aromatic nitrogens is 1. The smallest absolute Gasteiger partial charge is 0.408 e. The van der Waals surface area contributed by atoms with Gasteiger partial charge < -0.3 is 39.5 Å². The number of carbonyl (C=O) groups is 4. The molecule has 0 spiro atoms. The molecule has 2 bridgehead atoms. The lowest BCUT2D eigenvalue weighted by Gasteiger charge is -2.34. The Kier molecular flexibility index (Phi) is 13.6. The maximum Gasteiger partial charge on any atom is 0.408 e. The molecule has 2 aromatic rings. The summed E-state index contributed by atoms with van der Waals surface area (Å²) in [5, 5.41) is 6.78. The number of fused-ring (bicyclic) bond motifs is 5. The number of hydrogen-bond acceptors (Lipinski definition) is 12. The van der Waals surface area contributed by atoms with Gasteiger partial charge >= 0.3 is 6.09 Å². The molecule has 9 rings (SSSR count). The Hall–Kier alpha value is -4.48. The number of rotatable bonds is 12. The van der Waals surface area contributed by atoms with Gasteiger partial charge in [-0.05, 0) is 102 Å². The maximum atomic E-state index is 15.1. The quantitative estimate of drug-likeness (QED) is 0.195. The lowest BCUT2D eigenvalue weighted by atomic mass is 9.83. The number of alkyl carbamates (subject to hydrolysis) is 1. The van der Waals surface area contributed by atoms with E-state index >= 15 is 4.79 Å². The van der Waals surface area contributed by atoms with Crippen LogP contribution < -0.4 is 24.8 Å². The van der Waals surface area contributed by atoms with Crippen LogP contribution in [0, 0.1) is 17.8 Å². The lowest BCUT2D eigenvalue weighted by molar-refractivity contribution is -0.142. The van der Waals surface area contributed by atoms with Crippen molar-refractivity contribution in [2.75, 3.05) is 52.9 Å². The fraction of sp³-hybridized carbons (Fsp3) is 0.694. The Morgan fingerprint density at radius 3 is 2.44 bits per heavy atom. The van der Waals surface area contributed by atoms with Gasteiger partial charge in [-0.25, -0.2) is 18.2 Å². The summed E-state index contributed by atoms with van der Waals surface area (Å²) in [7, 11) is -1.85. The number of hydrogen-bond donors (Lipinski definition) is 3. The van der Waals surface area contributed by atoms with Crippen LogP contribution in [0.15, 0.2) is 36.9 Å². The number of likely N-dealkylation sites (N-methyl/N-ethyl adjacent to an activating group) is 1. The van der Waals surface area contributed by atoms with Gasteiger partial charge in [0.05, 0.1) is 29.0 Å². The minimum Gasteiger partial charge on any atom is -0.492 e. The summed E-state index contributed by atoms with van der Waals surface area (Å²) < 4.78 is 47.3. The van der Waals surface area contributed by atoms with Crippen LogP contribution >= 0.6 is 0 Å². The van der Waals surface area contributed by atoms with Crippen LogP contribution in [0.2, 0.25) is 0 Å². The maximum absolute atomic E-state index is 15.1. The molecule has 1 aromatic heterocycles. The second-order valence-corrected chi connectivity index (χ2v) is 22.7. The van der Waals surface area contributed by atoms with Crippen molar-refractivity contribution in [3.8, 4) is 11.6 Å². The SMILES string of the molecule is C=C[C@@H]1C[C@]1(NC(=O)[C@@H]1C[C@@H]2CN1C(=O)[C@H](C1CCCCC1)NC(=O)O[C@@H]1C[C@H]1CCCCCc1c(nc3ccccc3c1OCCCN1CCN(C)CC1)O2)C(=O)NS(=O)(=O)C1(C)CC1. The van der Waals surface area contributed by atoms with Crippen molar-refractivity contribution in [3.05, 3.63) is 42.5 Å². The number of para-hydroxylation sites is 1. The van der Waals surface area contributed by atoms with Gasteiger partial charge in [0.15, 0.2) is 0 Å². The van der Waals surface area contributed by atoms with E-state index in [-0.39, 0.29) is 37.3 Å². The van der Waals surface area contributed by atoms with Crippen molar-refractivity contribution in [1.29, 1.82) is 0 Å². The summed E-state index contributed by atoms with van der Waals surface area (Å²) in [5.41, 5.74) is -0.000284. The molecule has 16 nitrogen and oxygen atoms in total. The molecule has 0 radical (unpaired) electrons. The Labute approximate surface area is 389 Å². The van der Waals surface area contributed by atoms with Crippen LogP contribution in [0.4, 0.5) is 4.79 Å². The molecular formula is C49H69N7O9S. The third-order valence-electron chi connectivity index (χ3n) is 15.6. The number of ether oxygens (including phenoxy) is 3. The third kappa shape index (κ3) is 10.0. The fourth-order valence-corrected chi connectivity index (χ4v) is 12.1. The van der Waals surface area contributed by atoms with Gasteiger partial charge in [-0.3, -0.25) is 19.1 Å². The number of pyridine rings is 1. The van der Waals surface area contributed by atoms with Crippen molar-refractivity contribution < 1.29 is 41.8 Å². The first-order chi connectivity index (χ1) is 31.8. The van der Waals surface area contributed by atoms with E-state index in [2.05, 4.69) is 38.8 Å². The van der Waals surface area contributed by atoms with Crippen molar-refractivity contribution >= 4 is 44.7 Å². The Morgan fingerprint density at radius 2 is 1.71 bits per heavy atom. The van der Waals surface area contributed by atoms with Gasteiger partial charge in [0, 0.05) is 50.4 Å². The van der Waals surface area contributed by atoms with Gasteiger partial charge in [-0.1, -0.05) is 50.3 Å². The number of carbonyl (C=O) groups excluding carboxylic acids is 4. The number of nitrogens with one attached hydrogen (secondary N) is 3. The van der Waals surface area contributed by atoms with Crippen LogP contribution in [-0.2, 0) is 35.6 Å². The summed E-state index contributed by atoms with van der Waals surface area (Å²) in [5.74, 6) is -1.15. The van der Waals surface area contributed by atoms with Crippen LogP contribution in [0.1, 0.15) is 109 Å². The first-order valence-corrected chi connectivity index (χ1v) is 26.2. The molecule has 1 aromatic carbocycles. The average molecular weight is 932 g/mol. The van der Waals surface area contributed by atoms with E-state index in [4.69, 9.17) is 19.2 Å². The lowest BCUT2D eigenvalue weighted by Crippen LogP contribution is -2.59. The van der Waals surface area contributed by atoms with Gasteiger partial charge in [-0.2, -0.15) is 0 Å². The topological polar surface area (TPSA) is 189 Å². The Bertz CT molecular complexity index is 2280. The molecule has 66 heavy (non-hydrogen) atoms. The normalized spacial score (nSPS) is 30.8. The fourth-order valence-electron chi connectivity index (χ4n) is 10.7. The summed E-state index contributed by atoms with van der Waals surface area (Å²) >= 11 is 0. The highest BCUT2D eigenvalue weighted by atomic mass is 32.2.